The molecule has 1 amide bonds. The summed E-state index contributed by atoms with van der Waals surface area (Å²) in [6, 6.07) is 15.4. The molecule has 2 heterocycles. The molecule has 4 rings (SSSR count). The van der Waals surface area contributed by atoms with Crippen molar-refractivity contribution < 1.29 is 14.3 Å². The van der Waals surface area contributed by atoms with E-state index in [-0.39, 0.29) is 11.6 Å². The van der Waals surface area contributed by atoms with Gasteiger partial charge in [-0.3, -0.25) is 4.79 Å². The number of hydrogen-bond donors (Lipinski definition) is 1. The van der Waals surface area contributed by atoms with Crippen molar-refractivity contribution in [2.45, 2.75) is 26.0 Å². The Labute approximate surface area is 161 Å². The van der Waals surface area contributed by atoms with Gasteiger partial charge < -0.3 is 14.6 Å². The van der Waals surface area contributed by atoms with E-state index in [1.165, 1.54) is 5.56 Å². The summed E-state index contributed by atoms with van der Waals surface area (Å²) in [6.45, 7) is 2.74. The predicted octanol–water partition coefficient (Wildman–Crippen LogP) is 3.95. The molecule has 6 heteroatoms. The number of hydrogen-bond acceptors (Lipinski definition) is 3. The largest absolute Gasteiger partial charge is 0.448 e. The topological polar surface area (TPSA) is 62.4 Å². The quantitative estimate of drug-likeness (QED) is 0.697. The van der Waals surface area contributed by atoms with Crippen LogP contribution in [0.3, 0.4) is 0 Å². The Morgan fingerprint density at radius 3 is 2.59 bits per heavy atom. The third kappa shape index (κ3) is 3.30. The maximum atomic E-state index is 12.7. The van der Waals surface area contributed by atoms with Crippen LogP contribution >= 0.6 is 11.6 Å². The van der Waals surface area contributed by atoms with Crippen LogP contribution in [0.25, 0.3) is 10.9 Å². The summed E-state index contributed by atoms with van der Waals surface area (Å²) in [7, 11) is 0. The van der Waals surface area contributed by atoms with Crippen LogP contribution in [-0.2, 0) is 22.5 Å². The van der Waals surface area contributed by atoms with Crippen molar-refractivity contribution in [1.82, 2.24) is 9.88 Å². The Kier molecular flexibility index (Phi) is 4.62. The molecule has 0 saturated heterocycles. The Morgan fingerprint density at radius 1 is 1.11 bits per heavy atom. The van der Waals surface area contributed by atoms with E-state index in [9.17, 15) is 9.59 Å². The summed E-state index contributed by atoms with van der Waals surface area (Å²) in [6.07, 6.45) is -0.0820. The second-order valence-corrected chi connectivity index (χ2v) is 7.06. The number of fused-ring (bicyclic) bond motifs is 2. The minimum absolute atomic E-state index is 0.168. The van der Waals surface area contributed by atoms with Gasteiger partial charge in [0.15, 0.2) is 6.10 Å². The van der Waals surface area contributed by atoms with E-state index in [4.69, 9.17) is 16.3 Å². The van der Waals surface area contributed by atoms with Crippen molar-refractivity contribution in [3.05, 3.63) is 70.4 Å². The SMILES string of the molecule is CC(OC(=O)c1[nH]c2ccccc2c1Cl)C(=O)N1CCc2ccccc2C1. The lowest BCUT2D eigenvalue weighted by atomic mass is 9.99. The number of nitrogens with one attached hydrogen (secondary N) is 1. The smallest absolute Gasteiger partial charge is 0.357 e. The Bertz CT molecular complexity index is 1030. The van der Waals surface area contributed by atoms with Crippen molar-refractivity contribution in [2.75, 3.05) is 6.54 Å². The van der Waals surface area contributed by atoms with Gasteiger partial charge in [0.2, 0.25) is 0 Å². The monoisotopic (exact) mass is 382 g/mol. The van der Waals surface area contributed by atoms with Gasteiger partial charge in [-0.2, -0.15) is 0 Å². The number of benzene rings is 2. The van der Waals surface area contributed by atoms with Gasteiger partial charge in [-0.25, -0.2) is 4.79 Å². The summed E-state index contributed by atoms with van der Waals surface area (Å²) in [4.78, 5) is 30.0. The number of carbonyl (C=O) groups is 2. The molecule has 1 atom stereocenters. The molecule has 0 fully saturated rings. The molecule has 1 aliphatic heterocycles. The average molecular weight is 383 g/mol. The number of nitrogens with zero attached hydrogens (tertiary/aromatic N) is 1. The first-order valence-corrected chi connectivity index (χ1v) is 9.25. The van der Waals surface area contributed by atoms with E-state index in [0.717, 1.165) is 22.9 Å². The third-order valence-corrected chi connectivity index (χ3v) is 5.31. The highest BCUT2D eigenvalue weighted by Gasteiger charge is 2.28. The molecule has 0 spiro atoms. The number of aromatic amines is 1. The van der Waals surface area contributed by atoms with Crippen LogP contribution in [0.15, 0.2) is 48.5 Å². The van der Waals surface area contributed by atoms with Crippen LogP contribution in [0.1, 0.15) is 28.5 Å². The zero-order valence-corrected chi connectivity index (χ0v) is 15.6. The Hall–Kier alpha value is -2.79. The molecule has 1 unspecified atom stereocenters. The second-order valence-electron chi connectivity index (χ2n) is 6.69. The summed E-state index contributed by atoms with van der Waals surface area (Å²) in [5, 5.41) is 1.06. The maximum absolute atomic E-state index is 12.7. The van der Waals surface area contributed by atoms with E-state index in [1.54, 1.807) is 11.8 Å². The predicted molar refractivity (Wildman–Crippen MR) is 104 cm³/mol. The van der Waals surface area contributed by atoms with Gasteiger partial charge in [-0.05, 0) is 30.5 Å². The lowest BCUT2D eigenvalue weighted by Gasteiger charge is -2.30. The highest BCUT2D eigenvalue weighted by atomic mass is 35.5. The van der Waals surface area contributed by atoms with Gasteiger partial charge in [0.25, 0.3) is 5.91 Å². The molecule has 5 nitrogen and oxygen atoms in total. The maximum Gasteiger partial charge on any atom is 0.357 e. The molecule has 0 bridgehead atoms. The van der Waals surface area contributed by atoms with Crippen LogP contribution < -0.4 is 0 Å². The van der Waals surface area contributed by atoms with Gasteiger partial charge >= 0.3 is 5.97 Å². The molecule has 0 saturated carbocycles. The highest BCUT2D eigenvalue weighted by molar-refractivity contribution is 6.38. The first kappa shape index (κ1) is 17.6. The fourth-order valence-electron chi connectivity index (χ4n) is 3.46. The number of para-hydroxylation sites is 1. The van der Waals surface area contributed by atoms with Gasteiger partial charge in [-0.1, -0.05) is 54.1 Å². The summed E-state index contributed by atoms with van der Waals surface area (Å²) in [5.74, 6) is -0.834. The minimum atomic E-state index is -0.884. The van der Waals surface area contributed by atoms with E-state index in [1.807, 2.05) is 42.5 Å². The molecule has 1 aliphatic rings. The number of halogens is 1. The summed E-state index contributed by atoms with van der Waals surface area (Å²) >= 11 is 6.29. The third-order valence-electron chi connectivity index (χ3n) is 4.92. The fraction of sp³-hybridized carbons (Fsp3) is 0.238. The number of H-pyrrole nitrogens is 1. The lowest BCUT2D eigenvalue weighted by Crippen LogP contribution is -2.42. The first-order chi connectivity index (χ1) is 13.0. The molecule has 0 aliphatic carbocycles. The van der Waals surface area contributed by atoms with Crippen LogP contribution in [0.5, 0.6) is 0 Å². The van der Waals surface area contributed by atoms with Crippen LogP contribution in [-0.4, -0.2) is 34.4 Å². The van der Waals surface area contributed by atoms with E-state index < -0.39 is 12.1 Å². The number of esters is 1. The highest BCUT2D eigenvalue weighted by Crippen LogP contribution is 2.28. The molecule has 0 radical (unpaired) electrons. The van der Waals surface area contributed by atoms with Crippen molar-refractivity contribution in [2.24, 2.45) is 0 Å². The Balaban J connectivity index is 1.47. The minimum Gasteiger partial charge on any atom is -0.448 e. The number of carbonyl (C=O) groups excluding carboxylic acids is 2. The lowest BCUT2D eigenvalue weighted by molar-refractivity contribution is -0.140. The number of ether oxygens (including phenoxy) is 1. The van der Waals surface area contributed by atoms with E-state index >= 15 is 0 Å². The zero-order chi connectivity index (χ0) is 19.0. The van der Waals surface area contributed by atoms with Crippen molar-refractivity contribution in [3.8, 4) is 0 Å². The van der Waals surface area contributed by atoms with Crippen molar-refractivity contribution in [3.63, 3.8) is 0 Å². The molecule has 3 aromatic rings. The van der Waals surface area contributed by atoms with Crippen molar-refractivity contribution >= 4 is 34.4 Å². The number of amides is 1. The molecule has 138 valence electrons. The summed E-state index contributed by atoms with van der Waals surface area (Å²) in [5.41, 5.74) is 3.31. The van der Waals surface area contributed by atoms with Crippen LogP contribution in [0.2, 0.25) is 5.02 Å². The zero-order valence-electron chi connectivity index (χ0n) is 14.9. The number of rotatable bonds is 3. The van der Waals surface area contributed by atoms with Gasteiger partial charge in [0.05, 0.1) is 5.02 Å². The van der Waals surface area contributed by atoms with Crippen molar-refractivity contribution in [1.29, 1.82) is 0 Å². The second kappa shape index (κ2) is 7.08. The summed E-state index contributed by atoms with van der Waals surface area (Å²) < 4.78 is 5.40. The number of aromatic nitrogens is 1. The molecule has 1 N–H and O–H groups in total. The van der Waals surface area contributed by atoms with Gasteiger partial charge in [-0.15, -0.1) is 0 Å². The first-order valence-electron chi connectivity index (χ1n) is 8.87. The van der Waals surface area contributed by atoms with Crippen LogP contribution in [0.4, 0.5) is 0 Å². The average Bonchev–Trinajstić information content (AvgIpc) is 3.04. The van der Waals surface area contributed by atoms with E-state index in [2.05, 4.69) is 11.1 Å². The molecule has 2 aromatic carbocycles. The normalized spacial score (nSPS) is 14.7. The molecule has 1 aromatic heterocycles. The standard InChI is InChI=1S/C21H19ClN2O3/c1-13(20(25)24-11-10-14-6-2-3-7-15(14)12-24)27-21(26)19-18(22)16-8-4-5-9-17(16)23-19/h2-9,13,23H,10-12H2,1H3. The Morgan fingerprint density at radius 2 is 1.81 bits per heavy atom. The van der Waals surface area contributed by atoms with Crippen LogP contribution in [0, 0.1) is 0 Å². The molecular weight excluding hydrogens is 364 g/mol. The van der Waals surface area contributed by atoms with Gasteiger partial charge in [0.1, 0.15) is 5.69 Å². The fourth-order valence-corrected chi connectivity index (χ4v) is 3.75. The molecule has 27 heavy (non-hydrogen) atoms. The van der Waals surface area contributed by atoms with Gasteiger partial charge in [0, 0.05) is 24.0 Å². The van der Waals surface area contributed by atoms with E-state index in [0.29, 0.717) is 18.1 Å². The molecular formula is C21H19ClN2O3.